The summed E-state index contributed by atoms with van der Waals surface area (Å²) in [5.41, 5.74) is 0. The number of para-hydroxylation sites is 1. The summed E-state index contributed by atoms with van der Waals surface area (Å²) in [6.07, 6.45) is 2.26. The smallest absolute Gasteiger partial charge is 0.290 e. The van der Waals surface area contributed by atoms with Crippen LogP contribution in [-0.2, 0) is 0 Å². The number of rotatable bonds is 5. The monoisotopic (exact) mass is 286 g/mol. The van der Waals surface area contributed by atoms with Crippen LogP contribution in [-0.4, -0.2) is 25.0 Å². The maximum absolute atomic E-state index is 12.0. The van der Waals surface area contributed by atoms with Crippen molar-refractivity contribution in [3.63, 3.8) is 0 Å². The summed E-state index contributed by atoms with van der Waals surface area (Å²) in [4.78, 5) is 12.0. The molecule has 3 rings (SSSR count). The molecule has 1 atom stereocenters. The highest BCUT2D eigenvalue weighted by Crippen LogP contribution is 2.23. The first-order chi connectivity index (χ1) is 10.3. The SMILES string of the molecule is O=C(NCC1CCCN1)c1ccc(Oc2ccccc2)o1. The molecule has 1 saturated heterocycles. The Labute approximate surface area is 123 Å². The molecule has 2 heterocycles. The Morgan fingerprint density at radius 2 is 2.14 bits per heavy atom. The third-order valence-corrected chi connectivity index (χ3v) is 3.44. The van der Waals surface area contributed by atoms with E-state index in [0.717, 1.165) is 19.4 Å². The van der Waals surface area contributed by atoms with Gasteiger partial charge in [-0.15, -0.1) is 0 Å². The van der Waals surface area contributed by atoms with Crippen molar-refractivity contribution in [3.8, 4) is 11.7 Å². The Balaban J connectivity index is 1.55. The first-order valence-electron chi connectivity index (χ1n) is 7.15. The van der Waals surface area contributed by atoms with E-state index in [1.165, 1.54) is 0 Å². The molecule has 0 bridgehead atoms. The number of benzene rings is 1. The number of nitrogens with one attached hydrogen (secondary N) is 2. The molecule has 5 nitrogen and oxygen atoms in total. The van der Waals surface area contributed by atoms with Crippen LogP contribution in [0.25, 0.3) is 0 Å². The van der Waals surface area contributed by atoms with Gasteiger partial charge in [-0.2, -0.15) is 0 Å². The van der Waals surface area contributed by atoms with Crippen LogP contribution in [0.1, 0.15) is 23.4 Å². The Hall–Kier alpha value is -2.27. The molecule has 21 heavy (non-hydrogen) atoms. The molecule has 1 fully saturated rings. The van der Waals surface area contributed by atoms with Crippen LogP contribution in [0.15, 0.2) is 46.9 Å². The van der Waals surface area contributed by atoms with Gasteiger partial charge in [0, 0.05) is 18.7 Å². The van der Waals surface area contributed by atoms with Crippen LogP contribution in [0.2, 0.25) is 0 Å². The van der Waals surface area contributed by atoms with Gasteiger partial charge in [-0.1, -0.05) is 18.2 Å². The zero-order valence-electron chi connectivity index (χ0n) is 11.7. The van der Waals surface area contributed by atoms with Gasteiger partial charge in [0.1, 0.15) is 5.75 Å². The number of amides is 1. The predicted molar refractivity (Wildman–Crippen MR) is 78.6 cm³/mol. The van der Waals surface area contributed by atoms with E-state index in [4.69, 9.17) is 9.15 Å². The van der Waals surface area contributed by atoms with Crippen molar-refractivity contribution in [2.75, 3.05) is 13.1 Å². The first kappa shape index (κ1) is 13.7. The van der Waals surface area contributed by atoms with Crippen molar-refractivity contribution in [1.82, 2.24) is 10.6 Å². The Morgan fingerprint density at radius 1 is 1.29 bits per heavy atom. The molecule has 0 radical (unpaired) electrons. The van der Waals surface area contributed by atoms with Gasteiger partial charge in [-0.3, -0.25) is 4.79 Å². The van der Waals surface area contributed by atoms with Gasteiger partial charge in [-0.25, -0.2) is 0 Å². The number of hydrogen-bond acceptors (Lipinski definition) is 4. The average molecular weight is 286 g/mol. The second kappa shape index (κ2) is 6.45. The first-order valence-corrected chi connectivity index (χ1v) is 7.15. The van der Waals surface area contributed by atoms with Gasteiger partial charge in [0.15, 0.2) is 5.76 Å². The van der Waals surface area contributed by atoms with Crippen LogP contribution >= 0.6 is 0 Å². The molecule has 1 aliphatic rings. The van der Waals surface area contributed by atoms with Crippen molar-refractivity contribution < 1.29 is 13.9 Å². The molecule has 1 aromatic carbocycles. The van der Waals surface area contributed by atoms with E-state index in [1.807, 2.05) is 30.3 Å². The van der Waals surface area contributed by atoms with E-state index >= 15 is 0 Å². The Kier molecular flexibility index (Phi) is 4.21. The normalized spacial score (nSPS) is 17.6. The van der Waals surface area contributed by atoms with Crippen LogP contribution in [0.3, 0.4) is 0 Å². The van der Waals surface area contributed by atoms with Gasteiger partial charge < -0.3 is 19.8 Å². The van der Waals surface area contributed by atoms with Gasteiger partial charge >= 0.3 is 0 Å². The zero-order chi connectivity index (χ0) is 14.5. The summed E-state index contributed by atoms with van der Waals surface area (Å²) in [6.45, 7) is 1.64. The molecule has 1 aromatic heterocycles. The minimum atomic E-state index is -0.216. The maximum Gasteiger partial charge on any atom is 0.290 e. The third-order valence-electron chi connectivity index (χ3n) is 3.44. The molecule has 1 unspecified atom stereocenters. The lowest BCUT2D eigenvalue weighted by Crippen LogP contribution is -2.36. The number of carbonyl (C=O) groups is 1. The van der Waals surface area contributed by atoms with E-state index in [1.54, 1.807) is 12.1 Å². The van der Waals surface area contributed by atoms with Gasteiger partial charge in [-0.05, 0) is 37.6 Å². The fourth-order valence-corrected chi connectivity index (χ4v) is 2.34. The number of hydrogen-bond donors (Lipinski definition) is 2. The molecule has 1 aliphatic heterocycles. The summed E-state index contributed by atoms with van der Waals surface area (Å²) in [7, 11) is 0. The maximum atomic E-state index is 12.0. The Morgan fingerprint density at radius 3 is 2.90 bits per heavy atom. The molecule has 2 N–H and O–H groups in total. The van der Waals surface area contributed by atoms with Crippen LogP contribution in [0.5, 0.6) is 11.7 Å². The predicted octanol–water partition coefficient (Wildman–Crippen LogP) is 2.55. The van der Waals surface area contributed by atoms with Crippen molar-refractivity contribution in [2.45, 2.75) is 18.9 Å². The van der Waals surface area contributed by atoms with Crippen LogP contribution in [0, 0.1) is 0 Å². The quantitative estimate of drug-likeness (QED) is 0.886. The second-order valence-corrected chi connectivity index (χ2v) is 5.04. The van der Waals surface area contributed by atoms with Gasteiger partial charge in [0.05, 0.1) is 0 Å². The molecule has 5 heteroatoms. The summed E-state index contributed by atoms with van der Waals surface area (Å²) >= 11 is 0. The fourth-order valence-electron chi connectivity index (χ4n) is 2.34. The van der Waals surface area contributed by atoms with Crippen LogP contribution in [0.4, 0.5) is 0 Å². The highest BCUT2D eigenvalue weighted by molar-refractivity contribution is 5.91. The molecule has 0 spiro atoms. The van der Waals surface area contributed by atoms with Gasteiger partial charge in [0.2, 0.25) is 0 Å². The summed E-state index contributed by atoms with van der Waals surface area (Å²) < 4.78 is 10.9. The topological polar surface area (TPSA) is 63.5 Å². The Bertz CT molecular complexity index is 589. The molecule has 1 amide bonds. The molecule has 0 saturated carbocycles. The zero-order valence-corrected chi connectivity index (χ0v) is 11.7. The molecular weight excluding hydrogens is 268 g/mol. The lowest BCUT2D eigenvalue weighted by Gasteiger charge is -2.10. The summed E-state index contributed by atoms with van der Waals surface area (Å²) in [6, 6.07) is 12.9. The van der Waals surface area contributed by atoms with E-state index in [0.29, 0.717) is 24.3 Å². The summed E-state index contributed by atoms with van der Waals surface area (Å²) in [5.74, 6) is 1.03. The van der Waals surface area contributed by atoms with Crippen molar-refractivity contribution in [1.29, 1.82) is 0 Å². The highest BCUT2D eigenvalue weighted by atomic mass is 16.6. The van der Waals surface area contributed by atoms with E-state index in [-0.39, 0.29) is 11.7 Å². The number of ether oxygens (including phenoxy) is 1. The molecule has 0 aliphatic carbocycles. The number of carbonyl (C=O) groups excluding carboxylic acids is 1. The van der Waals surface area contributed by atoms with Crippen LogP contribution < -0.4 is 15.4 Å². The van der Waals surface area contributed by atoms with Crippen molar-refractivity contribution >= 4 is 5.91 Å². The van der Waals surface area contributed by atoms with E-state index in [9.17, 15) is 4.79 Å². The van der Waals surface area contributed by atoms with E-state index in [2.05, 4.69) is 10.6 Å². The summed E-state index contributed by atoms with van der Waals surface area (Å²) in [5, 5.41) is 6.20. The lowest BCUT2D eigenvalue weighted by atomic mass is 10.2. The van der Waals surface area contributed by atoms with Crippen molar-refractivity contribution in [3.05, 3.63) is 48.2 Å². The minimum absolute atomic E-state index is 0.216. The minimum Gasteiger partial charge on any atom is -0.426 e. The fraction of sp³-hybridized carbons (Fsp3) is 0.312. The molecular formula is C16H18N2O3. The number of furan rings is 1. The highest BCUT2D eigenvalue weighted by Gasteiger charge is 2.17. The standard InChI is InChI=1S/C16H18N2O3/c19-16(18-11-12-5-4-10-17-12)14-8-9-15(21-14)20-13-6-2-1-3-7-13/h1-3,6-9,12,17H,4-5,10-11H2,(H,18,19). The molecule has 110 valence electrons. The molecule has 2 aromatic rings. The lowest BCUT2D eigenvalue weighted by molar-refractivity contribution is 0.0917. The average Bonchev–Trinajstić information content (AvgIpc) is 3.17. The van der Waals surface area contributed by atoms with E-state index < -0.39 is 0 Å². The largest absolute Gasteiger partial charge is 0.426 e. The van der Waals surface area contributed by atoms with Crippen molar-refractivity contribution in [2.24, 2.45) is 0 Å². The van der Waals surface area contributed by atoms with Gasteiger partial charge in [0.25, 0.3) is 11.9 Å². The second-order valence-electron chi connectivity index (χ2n) is 5.04. The third kappa shape index (κ3) is 3.64.